The minimum absolute atomic E-state index is 0.157. The molecule has 0 atom stereocenters. The number of ketones is 1. The van der Waals surface area contributed by atoms with Crippen LogP contribution in [0.5, 0.6) is 0 Å². The minimum atomic E-state index is -0.157. The number of hydrogen-bond donors (Lipinski definition) is 0. The van der Waals surface area contributed by atoms with Crippen molar-refractivity contribution in [2.45, 2.75) is 13.8 Å². The maximum Gasteiger partial charge on any atom is 0.197 e. The minimum Gasteiger partial charge on any atom is -0.503 e. The van der Waals surface area contributed by atoms with Crippen LogP contribution in [0.25, 0.3) is 0 Å². The second kappa shape index (κ2) is 5.71. The van der Waals surface area contributed by atoms with Gasteiger partial charge in [0.25, 0.3) is 0 Å². The molecule has 3 nitrogen and oxygen atoms in total. The number of Topliss-reactive ketones (excluding diaryl/α,β-unsaturated/α-hetero) is 1. The summed E-state index contributed by atoms with van der Waals surface area (Å²) in [6, 6.07) is 0. The Labute approximate surface area is 77.4 Å². The van der Waals surface area contributed by atoms with Crippen molar-refractivity contribution in [1.82, 2.24) is 0 Å². The van der Waals surface area contributed by atoms with Crippen molar-refractivity contribution in [3.8, 4) is 0 Å². The SMILES string of the molecule is CCOC(=S)C(=COC)C(C)=O. The largest absolute Gasteiger partial charge is 0.503 e. The van der Waals surface area contributed by atoms with Gasteiger partial charge in [-0.3, -0.25) is 4.79 Å². The Hall–Kier alpha value is -0.900. The van der Waals surface area contributed by atoms with Crippen LogP contribution in [0, 0.1) is 0 Å². The van der Waals surface area contributed by atoms with E-state index in [0.29, 0.717) is 12.2 Å². The van der Waals surface area contributed by atoms with E-state index in [1.165, 1.54) is 20.3 Å². The summed E-state index contributed by atoms with van der Waals surface area (Å²) in [4.78, 5) is 10.9. The second-order valence-electron chi connectivity index (χ2n) is 2.04. The Morgan fingerprint density at radius 1 is 1.58 bits per heavy atom. The van der Waals surface area contributed by atoms with Gasteiger partial charge in [-0.2, -0.15) is 0 Å². The Balaban J connectivity index is 4.41. The van der Waals surface area contributed by atoms with Crippen LogP contribution in [0.3, 0.4) is 0 Å². The molecule has 0 N–H and O–H groups in total. The van der Waals surface area contributed by atoms with Crippen molar-refractivity contribution >= 4 is 23.1 Å². The topological polar surface area (TPSA) is 35.5 Å². The number of hydrogen-bond acceptors (Lipinski definition) is 4. The Morgan fingerprint density at radius 3 is 2.50 bits per heavy atom. The number of methoxy groups -OCH3 is 1. The summed E-state index contributed by atoms with van der Waals surface area (Å²) < 4.78 is 9.66. The molecule has 0 radical (unpaired) electrons. The quantitative estimate of drug-likeness (QED) is 0.380. The van der Waals surface area contributed by atoms with Crippen molar-refractivity contribution in [1.29, 1.82) is 0 Å². The van der Waals surface area contributed by atoms with Crippen molar-refractivity contribution in [3.05, 3.63) is 11.8 Å². The molecule has 0 aromatic carbocycles. The fourth-order valence-electron chi connectivity index (χ4n) is 0.602. The van der Waals surface area contributed by atoms with E-state index >= 15 is 0 Å². The highest BCUT2D eigenvalue weighted by Crippen LogP contribution is 2.02. The summed E-state index contributed by atoms with van der Waals surface area (Å²) in [5.41, 5.74) is 0.300. The van der Waals surface area contributed by atoms with Gasteiger partial charge in [-0.25, -0.2) is 0 Å². The number of carbonyl (C=O) groups excluding carboxylic acids is 1. The lowest BCUT2D eigenvalue weighted by Crippen LogP contribution is -2.11. The predicted molar refractivity (Wildman–Crippen MR) is 50.0 cm³/mol. The second-order valence-corrected chi connectivity index (χ2v) is 2.41. The van der Waals surface area contributed by atoms with E-state index in [4.69, 9.17) is 17.0 Å². The molecule has 0 bridgehead atoms. The average molecular weight is 188 g/mol. The highest BCUT2D eigenvalue weighted by molar-refractivity contribution is 7.80. The van der Waals surface area contributed by atoms with E-state index < -0.39 is 0 Å². The molecule has 0 aliphatic heterocycles. The molecule has 0 aliphatic rings. The highest BCUT2D eigenvalue weighted by atomic mass is 32.1. The van der Waals surface area contributed by atoms with E-state index in [1.54, 1.807) is 6.92 Å². The van der Waals surface area contributed by atoms with Crippen molar-refractivity contribution in [2.75, 3.05) is 13.7 Å². The molecule has 0 rings (SSSR count). The summed E-state index contributed by atoms with van der Waals surface area (Å²) in [7, 11) is 1.46. The number of ether oxygens (including phenoxy) is 2. The molecule has 0 aromatic heterocycles. The predicted octanol–water partition coefficient (Wildman–Crippen LogP) is 1.47. The van der Waals surface area contributed by atoms with Crippen LogP contribution in [0.15, 0.2) is 11.8 Å². The normalized spacial score (nSPS) is 10.8. The molecule has 0 unspecified atom stereocenters. The third-order valence-electron chi connectivity index (χ3n) is 1.11. The average Bonchev–Trinajstić information content (AvgIpc) is 1.99. The fraction of sp³-hybridized carbons (Fsp3) is 0.500. The van der Waals surface area contributed by atoms with E-state index in [1.807, 2.05) is 0 Å². The van der Waals surface area contributed by atoms with Crippen molar-refractivity contribution in [3.63, 3.8) is 0 Å². The first-order valence-electron chi connectivity index (χ1n) is 3.54. The van der Waals surface area contributed by atoms with Gasteiger partial charge >= 0.3 is 0 Å². The van der Waals surface area contributed by atoms with Crippen LogP contribution in [-0.2, 0) is 14.3 Å². The summed E-state index contributed by atoms with van der Waals surface area (Å²) in [5.74, 6) is -0.157. The molecule has 0 heterocycles. The third kappa shape index (κ3) is 3.48. The number of rotatable bonds is 4. The molecule has 0 aliphatic carbocycles. The molecule has 0 amide bonds. The first kappa shape index (κ1) is 11.1. The highest BCUT2D eigenvalue weighted by Gasteiger charge is 2.11. The van der Waals surface area contributed by atoms with Crippen LogP contribution in [0.1, 0.15) is 13.8 Å². The molecule has 0 saturated heterocycles. The first-order valence-corrected chi connectivity index (χ1v) is 3.95. The lowest BCUT2D eigenvalue weighted by atomic mass is 10.2. The van der Waals surface area contributed by atoms with Crippen molar-refractivity contribution in [2.24, 2.45) is 0 Å². The van der Waals surface area contributed by atoms with Crippen LogP contribution >= 0.6 is 12.2 Å². The maximum atomic E-state index is 10.9. The Kier molecular flexibility index (Phi) is 5.28. The van der Waals surface area contributed by atoms with Gasteiger partial charge in [-0.15, -0.1) is 0 Å². The molecule has 0 saturated carbocycles. The molecular formula is C8H12O3S. The van der Waals surface area contributed by atoms with Crippen LogP contribution in [-0.4, -0.2) is 24.6 Å². The monoisotopic (exact) mass is 188 g/mol. The molecular weight excluding hydrogens is 176 g/mol. The Morgan fingerprint density at radius 2 is 2.17 bits per heavy atom. The smallest absolute Gasteiger partial charge is 0.197 e. The third-order valence-corrected chi connectivity index (χ3v) is 1.45. The van der Waals surface area contributed by atoms with Gasteiger partial charge in [-0.05, 0) is 26.1 Å². The zero-order valence-corrected chi connectivity index (χ0v) is 8.23. The first-order chi connectivity index (χ1) is 5.63. The molecule has 4 heteroatoms. The molecule has 0 spiro atoms. The molecule has 0 fully saturated rings. The van der Waals surface area contributed by atoms with Crippen LogP contribution < -0.4 is 0 Å². The van der Waals surface area contributed by atoms with Crippen molar-refractivity contribution < 1.29 is 14.3 Å². The number of carbonyl (C=O) groups is 1. The Bertz CT molecular complexity index is 208. The van der Waals surface area contributed by atoms with E-state index in [9.17, 15) is 4.79 Å². The lowest BCUT2D eigenvalue weighted by molar-refractivity contribution is -0.113. The van der Waals surface area contributed by atoms with E-state index in [-0.39, 0.29) is 10.8 Å². The summed E-state index contributed by atoms with van der Waals surface area (Å²) in [5, 5.41) is 0.187. The fourth-order valence-corrected chi connectivity index (χ4v) is 0.911. The van der Waals surface area contributed by atoms with E-state index in [2.05, 4.69) is 4.74 Å². The lowest BCUT2D eigenvalue weighted by Gasteiger charge is -2.05. The maximum absolute atomic E-state index is 10.9. The molecule has 12 heavy (non-hydrogen) atoms. The van der Waals surface area contributed by atoms with Gasteiger partial charge in [0.05, 0.1) is 20.0 Å². The van der Waals surface area contributed by atoms with Gasteiger partial charge in [0.15, 0.2) is 10.8 Å². The van der Waals surface area contributed by atoms with Gasteiger partial charge in [0.2, 0.25) is 0 Å². The molecule has 68 valence electrons. The van der Waals surface area contributed by atoms with Gasteiger partial charge in [-0.1, -0.05) is 0 Å². The van der Waals surface area contributed by atoms with Gasteiger partial charge in [0.1, 0.15) is 5.57 Å². The van der Waals surface area contributed by atoms with Crippen LogP contribution in [0.2, 0.25) is 0 Å². The summed E-state index contributed by atoms with van der Waals surface area (Å²) >= 11 is 4.82. The zero-order chi connectivity index (χ0) is 9.56. The standard InChI is InChI=1S/C8H12O3S/c1-4-11-8(12)7(5-10-3)6(2)9/h5H,4H2,1-3H3. The van der Waals surface area contributed by atoms with Crippen LogP contribution in [0.4, 0.5) is 0 Å². The van der Waals surface area contributed by atoms with E-state index in [0.717, 1.165) is 0 Å². The summed E-state index contributed by atoms with van der Waals surface area (Å²) in [6.45, 7) is 3.67. The molecule has 0 aromatic rings. The van der Waals surface area contributed by atoms with Gasteiger partial charge < -0.3 is 9.47 Å². The summed E-state index contributed by atoms with van der Waals surface area (Å²) in [6.07, 6.45) is 1.29. The van der Waals surface area contributed by atoms with Gasteiger partial charge in [0, 0.05) is 0 Å². The zero-order valence-electron chi connectivity index (χ0n) is 7.42. The number of thiocarbonyl (C=S) groups is 1.